The van der Waals surface area contributed by atoms with Crippen LogP contribution in [0.25, 0.3) is 0 Å². The average Bonchev–Trinajstić information content (AvgIpc) is 2.63. The van der Waals surface area contributed by atoms with E-state index in [9.17, 15) is 9.59 Å². The first-order valence-corrected chi connectivity index (χ1v) is 6.18. The molecule has 1 aromatic rings. The molecule has 2 amide bonds. The van der Waals surface area contributed by atoms with E-state index >= 15 is 0 Å². The summed E-state index contributed by atoms with van der Waals surface area (Å²) in [6.45, 7) is 3.91. The molecule has 1 rings (SSSR count). The molecule has 1 unspecified atom stereocenters. The molecule has 0 aliphatic heterocycles. The van der Waals surface area contributed by atoms with Gasteiger partial charge in [0.2, 0.25) is 0 Å². The third-order valence-electron chi connectivity index (χ3n) is 2.78. The van der Waals surface area contributed by atoms with E-state index in [4.69, 9.17) is 5.11 Å². The fraction of sp³-hybridized carbons (Fsp3) is 0.583. The van der Waals surface area contributed by atoms with Crippen molar-refractivity contribution in [3.63, 3.8) is 0 Å². The van der Waals surface area contributed by atoms with Crippen molar-refractivity contribution < 1.29 is 14.7 Å². The van der Waals surface area contributed by atoms with E-state index in [0.717, 1.165) is 5.69 Å². The lowest BCUT2D eigenvalue weighted by molar-refractivity contribution is -0.141. The Morgan fingerprint density at radius 2 is 2.21 bits per heavy atom. The van der Waals surface area contributed by atoms with Gasteiger partial charge in [-0.25, -0.2) is 4.79 Å². The second-order valence-corrected chi connectivity index (χ2v) is 4.56. The molecular weight excluding hydrogens is 248 g/mol. The van der Waals surface area contributed by atoms with Crippen molar-refractivity contribution in [3.05, 3.63) is 11.9 Å². The Kier molecular flexibility index (Phi) is 5.35. The van der Waals surface area contributed by atoms with Crippen LogP contribution in [0.15, 0.2) is 6.20 Å². The lowest BCUT2D eigenvalue weighted by Gasteiger charge is -2.08. The van der Waals surface area contributed by atoms with Crippen molar-refractivity contribution in [2.75, 3.05) is 11.9 Å². The summed E-state index contributed by atoms with van der Waals surface area (Å²) in [6.07, 6.45) is 2.90. The van der Waals surface area contributed by atoms with Crippen molar-refractivity contribution in [3.8, 4) is 0 Å². The molecule has 0 radical (unpaired) electrons. The zero-order valence-electron chi connectivity index (χ0n) is 11.4. The van der Waals surface area contributed by atoms with Crippen LogP contribution >= 0.6 is 0 Å². The summed E-state index contributed by atoms with van der Waals surface area (Å²) in [5.41, 5.74) is 1.41. The number of aliphatic carboxylic acids is 1. The number of carbonyl (C=O) groups excluding carboxylic acids is 1. The lowest BCUT2D eigenvalue weighted by Crippen LogP contribution is -2.30. The molecule has 0 saturated heterocycles. The molecule has 1 atom stereocenters. The summed E-state index contributed by atoms with van der Waals surface area (Å²) < 4.78 is 1.62. The van der Waals surface area contributed by atoms with Gasteiger partial charge in [0.05, 0.1) is 17.3 Å². The van der Waals surface area contributed by atoms with Gasteiger partial charge in [0.1, 0.15) is 0 Å². The van der Waals surface area contributed by atoms with E-state index < -0.39 is 5.97 Å². The van der Waals surface area contributed by atoms with Gasteiger partial charge in [-0.1, -0.05) is 6.92 Å². The largest absolute Gasteiger partial charge is 0.481 e. The van der Waals surface area contributed by atoms with Crippen LogP contribution in [-0.4, -0.2) is 33.4 Å². The second-order valence-electron chi connectivity index (χ2n) is 4.56. The predicted molar refractivity (Wildman–Crippen MR) is 71.0 cm³/mol. The highest BCUT2D eigenvalue weighted by Crippen LogP contribution is 2.10. The SMILES string of the molecule is Cc1nn(C)cc1NC(=O)NCCCC(C)C(=O)O. The molecule has 0 fully saturated rings. The van der Waals surface area contributed by atoms with E-state index in [1.54, 1.807) is 24.9 Å². The monoisotopic (exact) mass is 268 g/mol. The standard InChI is InChI=1S/C12H20N4O3/c1-8(11(17)18)5-4-6-13-12(19)14-10-7-16(3)15-9(10)2/h7-8H,4-6H2,1-3H3,(H,17,18)(H2,13,14,19). The summed E-state index contributed by atoms with van der Waals surface area (Å²) in [6, 6.07) is -0.306. The van der Waals surface area contributed by atoms with Crippen LogP contribution in [0.1, 0.15) is 25.5 Å². The number of carboxylic acid groups (broad SMARTS) is 1. The van der Waals surface area contributed by atoms with E-state index in [1.807, 2.05) is 6.92 Å². The Labute approximate surface area is 112 Å². The van der Waals surface area contributed by atoms with Gasteiger partial charge in [0.15, 0.2) is 0 Å². The molecular formula is C12H20N4O3. The number of carboxylic acids is 1. The summed E-state index contributed by atoms with van der Waals surface area (Å²) in [4.78, 5) is 22.2. The van der Waals surface area contributed by atoms with E-state index in [1.165, 1.54) is 0 Å². The minimum atomic E-state index is -0.810. The van der Waals surface area contributed by atoms with Gasteiger partial charge in [-0.05, 0) is 19.8 Å². The smallest absolute Gasteiger partial charge is 0.319 e. The minimum absolute atomic E-state index is 0.306. The quantitative estimate of drug-likeness (QED) is 0.678. The van der Waals surface area contributed by atoms with Gasteiger partial charge in [-0.2, -0.15) is 5.10 Å². The van der Waals surface area contributed by atoms with E-state index in [2.05, 4.69) is 15.7 Å². The fourth-order valence-corrected chi connectivity index (χ4v) is 1.62. The van der Waals surface area contributed by atoms with Gasteiger partial charge in [-0.15, -0.1) is 0 Å². The number of hydrogen-bond donors (Lipinski definition) is 3. The summed E-state index contributed by atoms with van der Waals surface area (Å²) >= 11 is 0. The van der Waals surface area contributed by atoms with Crippen molar-refractivity contribution in [1.82, 2.24) is 15.1 Å². The maximum absolute atomic E-state index is 11.6. The third-order valence-corrected chi connectivity index (χ3v) is 2.78. The summed E-state index contributed by atoms with van der Waals surface area (Å²) in [5, 5.41) is 18.2. The lowest BCUT2D eigenvalue weighted by atomic mass is 10.1. The zero-order valence-corrected chi connectivity index (χ0v) is 11.4. The number of hydrogen-bond acceptors (Lipinski definition) is 3. The van der Waals surface area contributed by atoms with Gasteiger partial charge < -0.3 is 15.7 Å². The topological polar surface area (TPSA) is 96.3 Å². The summed E-state index contributed by atoms with van der Waals surface area (Å²) in [7, 11) is 1.78. The molecule has 7 nitrogen and oxygen atoms in total. The van der Waals surface area contributed by atoms with E-state index in [0.29, 0.717) is 25.1 Å². The summed E-state index contributed by atoms with van der Waals surface area (Å²) in [5.74, 6) is -1.19. The molecule has 0 aliphatic carbocycles. The maximum atomic E-state index is 11.6. The van der Waals surface area contributed by atoms with Gasteiger partial charge in [0, 0.05) is 19.8 Å². The number of rotatable bonds is 6. The third kappa shape index (κ3) is 4.99. The zero-order chi connectivity index (χ0) is 14.4. The average molecular weight is 268 g/mol. The predicted octanol–water partition coefficient (Wildman–Crippen LogP) is 1.35. The van der Waals surface area contributed by atoms with Crippen LogP contribution in [0.5, 0.6) is 0 Å². The molecule has 0 spiro atoms. The first-order chi connectivity index (χ1) is 8.90. The first kappa shape index (κ1) is 15.0. The number of aromatic nitrogens is 2. The number of aryl methyl sites for hydroxylation is 2. The number of carbonyl (C=O) groups is 2. The van der Waals surface area contributed by atoms with Gasteiger partial charge in [-0.3, -0.25) is 9.48 Å². The Balaban J connectivity index is 2.25. The van der Waals surface area contributed by atoms with Gasteiger partial charge >= 0.3 is 12.0 Å². The molecule has 1 aromatic heterocycles. The van der Waals surface area contributed by atoms with Crippen LogP contribution in [0, 0.1) is 12.8 Å². The number of nitrogens with zero attached hydrogens (tertiary/aromatic N) is 2. The van der Waals surface area contributed by atoms with Crippen molar-refractivity contribution >= 4 is 17.7 Å². The highest BCUT2D eigenvalue weighted by molar-refractivity contribution is 5.89. The fourth-order valence-electron chi connectivity index (χ4n) is 1.62. The molecule has 7 heteroatoms. The highest BCUT2D eigenvalue weighted by atomic mass is 16.4. The Morgan fingerprint density at radius 3 is 2.74 bits per heavy atom. The van der Waals surface area contributed by atoms with Crippen LogP contribution in [0.3, 0.4) is 0 Å². The van der Waals surface area contributed by atoms with Crippen molar-refractivity contribution in [2.45, 2.75) is 26.7 Å². The number of urea groups is 1. The van der Waals surface area contributed by atoms with Crippen LogP contribution in [-0.2, 0) is 11.8 Å². The van der Waals surface area contributed by atoms with Crippen LogP contribution < -0.4 is 10.6 Å². The minimum Gasteiger partial charge on any atom is -0.481 e. The maximum Gasteiger partial charge on any atom is 0.319 e. The van der Waals surface area contributed by atoms with Crippen molar-refractivity contribution in [2.24, 2.45) is 13.0 Å². The molecule has 1 heterocycles. The van der Waals surface area contributed by atoms with E-state index in [-0.39, 0.29) is 11.9 Å². The second kappa shape index (κ2) is 6.77. The number of nitrogens with one attached hydrogen (secondary N) is 2. The molecule has 0 bridgehead atoms. The number of amides is 2. The Morgan fingerprint density at radius 1 is 1.53 bits per heavy atom. The Bertz CT molecular complexity index is 456. The molecule has 19 heavy (non-hydrogen) atoms. The van der Waals surface area contributed by atoms with Crippen LogP contribution in [0.2, 0.25) is 0 Å². The first-order valence-electron chi connectivity index (χ1n) is 6.18. The molecule has 0 saturated carbocycles. The normalized spacial score (nSPS) is 11.9. The number of anilines is 1. The molecule has 106 valence electrons. The molecule has 3 N–H and O–H groups in total. The molecule has 0 aromatic carbocycles. The van der Waals surface area contributed by atoms with Gasteiger partial charge in [0.25, 0.3) is 0 Å². The Hall–Kier alpha value is -2.05. The highest BCUT2D eigenvalue weighted by Gasteiger charge is 2.10. The van der Waals surface area contributed by atoms with Crippen molar-refractivity contribution in [1.29, 1.82) is 0 Å². The molecule has 0 aliphatic rings. The van der Waals surface area contributed by atoms with Crippen LogP contribution in [0.4, 0.5) is 10.5 Å².